The number of esters is 1. The fourth-order valence-corrected chi connectivity index (χ4v) is 3.91. The summed E-state index contributed by atoms with van der Waals surface area (Å²) in [4.78, 5) is 40.1. The zero-order valence-electron chi connectivity index (χ0n) is 18.6. The summed E-state index contributed by atoms with van der Waals surface area (Å²) in [6.45, 7) is 1.73. The Kier molecular flexibility index (Phi) is 6.79. The van der Waals surface area contributed by atoms with E-state index in [1.807, 2.05) is 36.6 Å². The lowest BCUT2D eigenvalue weighted by Gasteiger charge is -2.19. The number of para-hydroxylation sites is 2. The van der Waals surface area contributed by atoms with Crippen molar-refractivity contribution in [3.63, 3.8) is 0 Å². The summed E-state index contributed by atoms with van der Waals surface area (Å²) in [7, 11) is 1.62. The number of nitrogens with one attached hydrogen (secondary N) is 1. The number of nitrogen functional groups attached to an aromatic ring is 1. The van der Waals surface area contributed by atoms with Gasteiger partial charge in [-0.25, -0.2) is 4.79 Å². The van der Waals surface area contributed by atoms with Crippen LogP contribution in [0.25, 0.3) is 0 Å². The molecular formula is C24H22N6O3S. The Morgan fingerprint density at radius 3 is 2.56 bits per heavy atom. The molecule has 4 rings (SSSR count). The zero-order chi connectivity index (χ0) is 24.1. The minimum atomic E-state index is -0.617. The van der Waals surface area contributed by atoms with Crippen molar-refractivity contribution in [2.24, 2.45) is 0 Å². The van der Waals surface area contributed by atoms with Crippen LogP contribution >= 0.6 is 11.3 Å². The third kappa shape index (κ3) is 5.18. The second kappa shape index (κ2) is 10.1. The van der Waals surface area contributed by atoms with Crippen LogP contribution in [0.5, 0.6) is 0 Å². The number of nitrogens with zero attached hydrogens (tertiary/aromatic N) is 4. The van der Waals surface area contributed by atoms with Gasteiger partial charge in [-0.1, -0.05) is 36.4 Å². The van der Waals surface area contributed by atoms with Crippen molar-refractivity contribution in [2.75, 3.05) is 23.0 Å². The molecule has 2 aromatic heterocycles. The van der Waals surface area contributed by atoms with Gasteiger partial charge in [-0.2, -0.15) is 15.0 Å². The Labute approximate surface area is 200 Å². The van der Waals surface area contributed by atoms with Crippen molar-refractivity contribution in [3.05, 3.63) is 87.9 Å². The van der Waals surface area contributed by atoms with Crippen LogP contribution in [-0.2, 0) is 11.3 Å². The Hall–Kier alpha value is -4.31. The SMILES string of the molecule is Cc1ccccc1Nc1nc(N)nc(COC(=O)c2ccccc2N(C)C(=O)c2cccs2)n1. The molecule has 0 spiro atoms. The van der Waals surface area contributed by atoms with Gasteiger partial charge in [0.1, 0.15) is 0 Å². The first-order valence-corrected chi connectivity index (χ1v) is 11.2. The topological polar surface area (TPSA) is 123 Å². The van der Waals surface area contributed by atoms with E-state index in [0.717, 1.165) is 11.3 Å². The van der Waals surface area contributed by atoms with E-state index >= 15 is 0 Å². The lowest BCUT2D eigenvalue weighted by Crippen LogP contribution is -2.27. The minimum Gasteiger partial charge on any atom is -0.454 e. The number of benzene rings is 2. The van der Waals surface area contributed by atoms with Crippen molar-refractivity contribution in [1.82, 2.24) is 15.0 Å². The quantitative estimate of drug-likeness (QED) is 0.382. The van der Waals surface area contributed by atoms with Crippen LogP contribution in [0.2, 0.25) is 0 Å². The molecule has 0 saturated carbocycles. The molecule has 4 aromatic rings. The summed E-state index contributed by atoms with van der Waals surface area (Å²) in [5, 5.41) is 4.92. The maximum absolute atomic E-state index is 12.9. The highest BCUT2D eigenvalue weighted by atomic mass is 32.1. The highest BCUT2D eigenvalue weighted by Gasteiger charge is 2.21. The molecule has 3 N–H and O–H groups in total. The van der Waals surface area contributed by atoms with Crippen LogP contribution in [0.15, 0.2) is 66.0 Å². The molecule has 0 bridgehead atoms. The van der Waals surface area contributed by atoms with E-state index in [1.165, 1.54) is 16.2 Å². The average molecular weight is 475 g/mol. The van der Waals surface area contributed by atoms with Crippen LogP contribution < -0.4 is 16.0 Å². The predicted molar refractivity (Wildman–Crippen MR) is 131 cm³/mol. The molecule has 0 aliphatic rings. The zero-order valence-corrected chi connectivity index (χ0v) is 19.4. The number of ether oxygens (including phenoxy) is 1. The first-order chi connectivity index (χ1) is 16.4. The average Bonchev–Trinajstić information content (AvgIpc) is 3.38. The smallest absolute Gasteiger partial charge is 0.340 e. The fraction of sp³-hybridized carbons (Fsp3) is 0.125. The van der Waals surface area contributed by atoms with E-state index in [-0.39, 0.29) is 35.8 Å². The van der Waals surface area contributed by atoms with Gasteiger partial charge in [0.2, 0.25) is 11.9 Å². The van der Waals surface area contributed by atoms with Crippen molar-refractivity contribution < 1.29 is 14.3 Å². The number of aryl methyl sites for hydroxylation is 1. The van der Waals surface area contributed by atoms with Crippen molar-refractivity contribution >= 4 is 46.5 Å². The second-order valence-electron chi connectivity index (χ2n) is 7.31. The van der Waals surface area contributed by atoms with Crippen LogP contribution in [0.1, 0.15) is 31.4 Å². The molecule has 0 unspecified atom stereocenters. The number of thiophene rings is 1. The lowest BCUT2D eigenvalue weighted by molar-refractivity contribution is 0.0463. The molecule has 0 atom stereocenters. The summed E-state index contributed by atoms with van der Waals surface area (Å²) >= 11 is 1.33. The number of hydrogen-bond acceptors (Lipinski definition) is 9. The predicted octanol–water partition coefficient (Wildman–Crippen LogP) is 4.20. The second-order valence-corrected chi connectivity index (χ2v) is 8.26. The number of aromatic nitrogens is 3. The molecule has 9 nitrogen and oxygen atoms in total. The van der Waals surface area contributed by atoms with Crippen molar-refractivity contribution in [3.8, 4) is 0 Å². The van der Waals surface area contributed by atoms with E-state index in [2.05, 4.69) is 20.3 Å². The van der Waals surface area contributed by atoms with Crippen molar-refractivity contribution in [2.45, 2.75) is 13.5 Å². The largest absolute Gasteiger partial charge is 0.454 e. The molecule has 0 radical (unpaired) electrons. The Morgan fingerprint density at radius 2 is 1.79 bits per heavy atom. The van der Waals surface area contributed by atoms with Crippen LogP contribution in [0, 0.1) is 6.92 Å². The number of carbonyl (C=O) groups excluding carboxylic acids is 2. The normalized spacial score (nSPS) is 10.5. The van der Waals surface area contributed by atoms with Crippen molar-refractivity contribution in [1.29, 1.82) is 0 Å². The van der Waals surface area contributed by atoms with Gasteiger partial charge in [0.15, 0.2) is 12.4 Å². The highest BCUT2D eigenvalue weighted by molar-refractivity contribution is 7.12. The number of carbonyl (C=O) groups is 2. The van der Waals surface area contributed by atoms with Gasteiger partial charge in [0.05, 0.1) is 16.1 Å². The molecule has 2 aromatic carbocycles. The van der Waals surface area contributed by atoms with Gasteiger partial charge in [-0.3, -0.25) is 4.79 Å². The van der Waals surface area contributed by atoms with Crippen LogP contribution in [-0.4, -0.2) is 33.9 Å². The highest BCUT2D eigenvalue weighted by Crippen LogP contribution is 2.24. The Morgan fingerprint density at radius 1 is 1.03 bits per heavy atom. The minimum absolute atomic E-state index is 0.00110. The van der Waals surface area contributed by atoms with Gasteiger partial charge in [0.25, 0.3) is 5.91 Å². The van der Waals surface area contributed by atoms with Gasteiger partial charge >= 0.3 is 5.97 Å². The third-order valence-corrected chi connectivity index (χ3v) is 5.80. The summed E-state index contributed by atoms with van der Waals surface area (Å²) in [5.41, 5.74) is 8.33. The molecule has 10 heteroatoms. The molecule has 0 aliphatic heterocycles. The van der Waals surface area contributed by atoms with E-state index in [9.17, 15) is 9.59 Å². The van der Waals surface area contributed by atoms with Gasteiger partial charge in [-0.05, 0) is 42.1 Å². The monoisotopic (exact) mass is 474 g/mol. The number of rotatable bonds is 7. The molecule has 0 saturated heterocycles. The van der Waals surface area contributed by atoms with Gasteiger partial charge in [0, 0.05) is 12.7 Å². The first kappa shape index (κ1) is 22.9. The number of anilines is 4. The summed E-state index contributed by atoms with van der Waals surface area (Å²) in [6.07, 6.45) is 0. The third-order valence-electron chi connectivity index (χ3n) is 4.94. The molecule has 172 valence electrons. The molecule has 1 amide bonds. The summed E-state index contributed by atoms with van der Waals surface area (Å²) in [6, 6.07) is 17.9. The molecular weight excluding hydrogens is 452 g/mol. The molecule has 0 aliphatic carbocycles. The van der Waals surface area contributed by atoms with E-state index in [0.29, 0.717) is 10.6 Å². The standard InChI is InChI=1S/C24H22N6O3S/c1-15-8-3-5-10-17(15)26-24-28-20(27-23(25)29-24)14-33-22(32)16-9-4-6-11-18(16)30(2)21(31)19-12-7-13-34-19/h3-13H,14H2,1-2H3,(H3,25,26,27,28,29). The Balaban J connectivity index is 1.49. The van der Waals surface area contributed by atoms with E-state index in [1.54, 1.807) is 43.4 Å². The maximum Gasteiger partial charge on any atom is 0.340 e. The Bertz CT molecular complexity index is 1330. The summed E-state index contributed by atoms with van der Waals surface area (Å²) in [5.74, 6) is -0.396. The van der Waals surface area contributed by atoms with E-state index in [4.69, 9.17) is 10.5 Å². The summed E-state index contributed by atoms with van der Waals surface area (Å²) < 4.78 is 5.45. The van der Waals surface area contributed by atoms with Crippen LogP contribution in [0.4, 0.5) is 23.3 Å². The lowest BCUT2D eigenvalue weighted by atomic mass is 10.1. The number of amides is 1. The van der Waals surface area contributed by atoms with E-state index < -0.39 is 5.97 Å². The first-order valence-electron chi connectivity index (χ1n) is 10.3. The molecule has 2 heterocycles. The van der Waals surface area contributed by atoms with Gasteiger partial charge in [-0.15, -0.1) is 11.3 Å². The molecule has 0 fully saturated rings. The number of hydrogen-bond donors (Lipinski definition) is 2. The number of nitrogens with two attached hydrogens (primary N) is 1. The van der Waals surface area contributed by atoms with Gasteiger partial charge < -0.3 is 20.7 Å². The molecule has 34 heavy (non-hydrogen) atoms. The van der Waals surface area contributed by atoms with Crippen LogP contribution in [0.3, 0.4) is 0 Å². The fourth-order valence-electron chi connectivity index (χ4n) is 3.21. The maximum atomic E-state index is 12.9.